The number of nitrogens with two attached hydrogens (primary N) is 1. The van der Waals surface area contributed by atoms with Crippen molar-refractivity contribution in [2.45, 2.75) is 51.5 Å². The van der Waals surface area contributed by atoms with E-state index in [0.29, 0.717) is 24.4 Å². The van der Waals surface area contributed by atoms with Gasteiger partial charge in [-0.1, -0.05) is 13.8 Å². The fraction of sp³-hybridized carbons (Fsp3) is 0.933. The second-order valence-electron chi connectivity index (χ2n) is 7.23. The molecular weight excluding hydrogens is 226 g/mol. The van der Waals surface area contributed by atoms with Crippen LogP contribution in [-0.2, 0) is 9.53 Å². The van der Waals surface area contributed by atoms with E-state index in [4.69, 9.17) is 10.5 Å². The van der Waals surface area contributed by atoms with Gasteiger partial charge in [0, 0.05) is 0 Å². The fourth-order valence-corrected chi connectivity index (χ4v) is 4.66. The second kappa shape index (κ2) is 4.22. The van der Waals surface area contributed by atoms with Crippen LogP contribution < -0.4 is 5.73 Å². The summed E-state index contributed by atoms with van der Waals surface area (Å²) < 4.78 is 5.47. The minimum atomic E-state index is -0.664. The van der Waals surface area contributed by atoms with Crippen LogP contribution in [0.2, 0.25) is 0 Å². The SMILES string of the molecule is CC(C)COC(=O)C1(N)C2CC3CC(C2)CC1C3. The Morgan fingerprint density at radius 1 is 1.17 bits per heavy atom. The van der Waals surface area contributed by atoms with Crippen LogP contribution in [0.25, 0.3) is 0 Å². The summed E-state index contributed by atoms with van der Waals surface area (Å²) in [5.41, 5.74) is 5.88. The molecule has 0 atom stereocenters. The highest BCUT2D eigenvalue weighted by molar-refractivity contribution is 5.82. The maximum absolute atomic E-state index is 12.4. The van der Waals surface area contributed by atoms with Gasteiger partial charge < -0.3 is 10.5 Å². The van der Waals surface area contributed by atoms with Crippen molar-refractivity contribution < 1.29 is 9.53 Å². The average molecular weight is 251 g/mol. The number of carbonyl (C=O) groups is 1. The molecule has 0 amide bonds. The Kier molecular flexibility index (Phi) is 2.92. The Morgan fingerprint density at radius 3 is 2.11 bits per heavy atom. The predicted octanol–water partition coefficient (Wildman–Crippen LogP) is 2.34. The van der Waals surface area contributed by atoms with Crippen LogP contribution in [0.4, 0.5) is 0 Å². The van der Waals surface area contributed by atoms with E-state index in [9.17, 15) is 4.79 Å². The molecule has 4 rings (SSSR count). The number of carbonyl (C=O) groups excluding carboxylic acids is 1. The van der Waals surface area contributed by atoms with Crippen molar-refractivity contribution in [1.29, 1.82) is 0 Å². The number of hydrogen-bond donors (Lipinski definition) is 1. The van der Waals surface area contributed by atoms with E-state index >= 15 is 0 Å². The molecule has 0 aliphatic heterocycles. The molecular formula is C15H25NO2. The smallest absolute Gasteiger partial charge is 0.326 e. The Morgan fingerprint density at radius 2 is 1.67 bits per heavy atom. The quantitative estimate of drug-likeness (QED) is 0.783. The summed E-state index contributed by atoms with van der Waals surface area (Å²) in [4.78, 5) is 12.4. The second-order valence-corrected chi connectivity index (χ2v) is 7.23. The minimum Gasteiger partial charge on any atom is -0.464 e. The topological polar surface area (TPSA) is 52.3 Å². The standard InChI is InChI=1S/C15H25NO2/c1-9(2)8-18-14(17)15(16)12-4-10-3-11(6-12)7-13(15)5-10/h9-13H,3-8,16H2,1-2H3. The molecule has 0 aromatic carbocycles. The molecule has 4 bridgehead atoms. The maximum atomic E-state index is 12.4. The number of esters is 1. The third-order valence-electron chi connectivity index (χ3n) is 5.39. The molecule has 2 N–H and O–H groups in total. The normalized spacial score (nSPS) is 45.6. The van der Waals surface area contributed by atoms with Gasteiger partial charge in [0.05, 0.1) is 6.61 Å². The van der Waals surface area contributed by atoms with Crippen molar-refractivity contribution in [1.82, 2.24) is 0 Å². The van der Waals surface area contributed by atoms with Gasteiger partial charge in [0.1, 0.15) is 5.54 Å². The zero-order valence-electron chi connectivity index (χ0n) is 11.5. The molecule has 0 aromatic rings. The van der Waals surface area contributed by atoms with E-state index in [2.05, 4.69) is 13.8 Å². The van der Waals surface area contributed by atoms with E-state index in [1.165, 1.54) is 6.42 Å². The number of rotatable bonds is 3. The lowest BCUT2D eigenvalue weighted by Gasteiger charge is -2.58. The molecule has 102 valence electrons. The first-order chi connectivity index (χ1) is 8.50. The lowest BCUT2D eigenvalue weighted by atomic mass is 9.49. The van der Waals surface area contributed by atoms with Crippen LogP contribution in [0, 0.1) is 29.6 Å². The molecule has 0 spiro atoms. The number of ether oxygens (including phenoxy) is 1. The Bertz CT molecular complexity index is 322. The third-order valence-corrected chi connectivity index (χ3v) is 5.39. The van der Waals surface area contributed by atoms with Gasteiger partial charge in [-0.2, -0.15) is 0 Å². The van der Waals surface area contributed by atoms with Gasteiger partial charge in [0.2, 0.25) is 0 Å². The summed E-state index contributed by atoms with van der Waals surface area (Å²) in [7, 11) is 0. The molecule has 4 saturated carbocycles. The Hall–Kier alpha value is -0.570. The van der Waals surface area contributed by atoms with E-state index < -0.39 is 5.54 Å². The van der Waals surface area contributed by atoms with E-state index in [-0.39, 0.29) is 5.97 Å². The molecule has 18 heavy (non-hydrogen) atoms. The van der Waals surface area contributed by atoms with Crippen molar-refractivity contribution in [2.75, 3.05) is 6.61 Å². The van der Waals surface area contributed by atoms with E-state index in [1.807, 2.05) is 0 Å². The van der Waals surface area contributed by atoms with Crippen LogP contribution in [0.5, 0.6) is 0 Å². The van der Waals surface area contributed by atoms with Crippen molar-refractivity contribution >= 4 is 5.97 Å². The summed E-state index contributed by atoms with van der Waals surface area (Å²) in [6, 6.07) is 0. The highest BCUT2D eigenvalue weighted by Crippen LogP contribution is 2.57. The zero-order chi connectivity index (χ0) is 12.9. The van der Waals surface area contributed by atoms with E-state index in [0.717, 1.165) is 37.5 Å². The fourth-order valence-electron chi connectivity index (χ4n) is 4.66. The van der Waals surface area contributed by atoms with Gasteiger partial charge in [-0.05, 0) is 61.7 Å². The van der Waals surface area contributed by atoms with Crippen LogP contribution in [0.3, 0.4) is 0 Å². The lowest BCUT2D eigenvalue weighted by molar-refractivity contribution is -0.167. The molecule has 4 aliphatic carbocycles. The highest BCUT2D eigenvalue weighted by atomic mass is 16.5. The first-order valence-corrected chi connectivity index (χ1v) is 7.46. The van der Waals surface area contributed by atoms with Gasteiger partial charge in [-0.15, -0.1) is 0 Å². The van der Waals surface area contributed by atoms with Gasteiger partial charge in [0.15, 0.2) is 0 Å². The molecule has 3 nitrogen and oxygen atoms in total. The summed E-state index contributed by atoms with van der Waals surface area (Å²) in [5, 5.41) is 0. The van der Waals surface area contributed by atoms with Crippen molar-refractivity contribution in [2.24, 2.45) is 35.3 Å². The zero-order valence-corrected chi connectivity index (χ0v) is 11.5. The molecule has 4 fully saturated rings. The first-order valence-electron chi connectivity index (χ1n) is 7.46. The van der Waals surface area contributed by atoms with Gasteiger partial charge >= 0.3 is 5.97 Å². The van der Waals surface area contributed by atoms with Crippen LogP contribution in [-0.4, -0.2) is 18.1 Å². The van der Waals surface area contributed by atoms with E-state index in [1.54, 1.807) is 0 Å². The van der Waals surface area contributed by atoms with Crippen LogP contribution in [0.1, 0.15) is 46.0 Å². The van der Waals surface area contributed by atoms with Gasteiger partial charge in [0.25, 0.3) is 0 Å². The molecule has 0 unspecified atom stereocenters. The molecule has 0 saturated heterocycles. The largest absolute Gasteiger partial charge is 0.464 e. The Labute approximate surface area is 109 Å². The Balaban J connectivity index is 1.75. The first kappa shape index (κ1) is 12.5. The van der Waals surface area contributed by atoms with Crippen molar-refractivity contribution in [3.8, 4) is 0 Å². The van der Waals surface area contributed by atoms with Crippen molar-refractivity contribution in [3.05, 3.63) is 0 Å². The van der Waals surface area contributed by atoms with Crippen LogP contribution >= 0.6 is 0 Å². The number of hydrogen-bond acceptors (Lipinski definition) is 3. The minimum absolute atomic E-state index is 0.120. The third kappa shape index (κ3) is 1.78. The van der Waals surface area contributed by atoms with Crippen molar-refractivity contribution in [3.63, 3.8) is 0 Å². The molecule has 0 aromatic heterocycles. The maximum Gasteiger partial charge on any atom is 0.326 e. The molecule has 3 heteroatoms. The molecule has 0 heterocycles. The van der Waals surface area contributed by atoms with Gasteiger partial charge in [-0.3, -0.25) is 4.79 Å². The highest BCUT2D eigenvalue weighted by Gasteiger charge is 2.59. The van der Waals surface area contributed by atoms with Gasteiger partial charge in [-0.25, -0.2) is 0 Å². The monoisotopic (exact) mass is 251 g/mol. The summed E-state index contributed by atoms with van der Waals surface area (Å²) in [6.07, 6.45) is 5.99. The molecule has 0 radical (unpaired) electrons. The summed E-state index contributed by atoms with van der Waals surface area (Å²) in [6.45, 7) is 4.63. The van der Waals surface area contributed by atoms with Crippen LogP contribution in [0.15, 0.2) is 0 Å². The summed E-state index contributed by atoms with van der Waals surface area (Å²) >= 11 is 0. The average Bonchev–Trinajstić information content (AvgIpc) is 2.31. The summed E-state index contributed by atoms with van der Waals surface area (Å²) in [5.74, 6) is 2.70. The lowest BCUT2D eigenvalue weighted by Crippen LogP contribution is -2.67. The predicted molar refractivity (Wildman–Crippen MR) is 69.8 cm³/mol. The molecule has 4 aliphatic rings.